The Labute approximate surface area is 127 Å². The molecule has 0 saturated heterocycles. The number of nitrogens with one attached hydrogen (secondary N) is 1. The predicted octanol–water partition coefficient (Wildman–Crippen LogP) is 3.67. The first-order valence-corrected chi connectivity index (χ1v) is 6.79. The second kappa shape index (κ2) is 6.01. The van der Waals surface area contributed by atoms with Gasteiger partial charge < -0.3 is 15.0 Å². The van der Waals surface area contributed by atoms with Crippen LogP contribution in [0.2, 0.25) is 5.02 Å². The van der Waals surface area contributed by atoms with Crippen molar-refractivity contribution in [1.29, 1.82) is 0 Å². The third-order valence-corrected chi connectivity index (χ3v) is 3.34. The Morgan fingerprint density at radius 2 is 2.00 bits per heavy atom. The molecule has 1 heterocycles. The second-order valence-corrected chi connectivity index (χ2v) is 5.26. The summed E-state index contributed by atoms with van der Waals surface area (Å²) in [7, 11) is 0. The fraction of sp³-hybridized carbons (Fsp3) is 0.200. The molecule has 0 aliphatic rings. The zero-order valence-corrected chi connectivity index (χ0v) is 12.4. The number of hydrogen-bond donors (Lipinski definition) is 2. The SMILES string of the molecule is CC(C)n1cccc1C(=O)Nc1ccc(C(=O)O)cc1Cl. The maximum absolute atomic E-state index is 12.3. The van der Waals surface area contributed by atoms with E-state index in [1.165, 1.54) is 18.2 Å². The van der Waals surface area contributed by atoms with Crippen molar-refractivity contribution in [3.8, 4) is 0 Å². The van der Waals surface area contributed by atoms with Crippen molar-refractivity contribution in [3.63, 3.8) is 0 Å². The van der Waals surface area contributed by atoms with E-state index in [1.54, 1.807) is 12.1 Å². The summed E-state index contributed by atoms with van der Waals surface area (Å²) in [6.45, 7) is 3.96. The zero-order valence-electron chi connectivity index (χ0n) is 11.6. The molecule has 0 saturated carbocycles. The van der Waals surface area contributed by atoms with Crippen LogP contribution in [0.5, 0.6) is 0 Å². The third kappa shape index (κ3) is 3.25. The van der Waals surface area contributed by atoms with Crippen LogP contribution >= 0.6 is 11.6 Å². The number of carboxylic acids is 1. The van der Waals surface area contributed by atoms with Gasteiger partial charge in [-0.1, -0.05) is 11.6 Å². The van der Waals surface area contributed by atoms with E-state index in [4.69, 9.17) is 16.7 Å². The number of anilines is 1. The summed E-state index contributed by atoms with van der Waals surface area (Å²) in [5.41, 5.74) is 0.968. The van der Waals surface area contributed by atoms with Crippen molar-refractivity contribution in [3.05, 3.63) is 52.8 Å². The van der Waals surface area contributed by atoms with Gasteiger partial charge in [0.2, 0.25) is 0 Å². The van der Waals surface area contributed by atoms with Gasteiger partial charge in [-0.2, -0.15) is 0 Å². The lowest BCUT2D eigenvalue weighted by Crippen LogP contribution is -2.18. The van der Waals surface area contributed by atoms with Crippen LogP contribution in [-0.2, 0) is 0 Å². The first kappa shape index (κ1) is 15.1. The molecule has 2 N–H and O–H groups in total. The van der Waals surface area contributed by atoms with E-state index in [1.807, 2.05) is 24.6 Å². The number of carbonyl (C=O) groups excluding carboxylic acids is 1. The summed E-state index contributed by atoms with van der Waals surface area (Å²) < 4.78 is 1.84. The molecule has 0 fully saturated rings. The Morgan fingerprint density at radius 3 is 2.57 bits per heavy atom. The van der Waals surface area contributed by atoms with E-state index < -0.39 is 5.97 Å². The van der Waals surface area contributed by atoms with Crippen molar-refractivity contribution in [2.24, 2.45) is 0 Å². The van der Waals surface area contributed by atoms with Gasteiger partial charge in [-0.3, -0.25) is 4.79 Å². The molecule has 1 aromatic heterocycles. The predicted molar refractivity (Wildman–Crippen MR) is 81.2 cm³/mol. The number of amides is 1. The smallest absolute Gasteiger partial charge is 0.335 e. The minimum atomic E-state index is -1.07. The number of carbonyl (C=O) groups is 2. The van der Waals surface area contributed by atoms with Gasteiger partial charge in [0.05, 0.1) is 16.3 Å². The minimum absolute atomic E-state index is 0.0727. The van der Waals surface area contributed by atoms with Crippen LogP contribution in [0.25, 0.3) is 0 Å². The third-order valence-electron chi connectivity index (χ3n) is 3.03. The van der Waals surface area contributed by atoms with Gasteiger partial charge in [0.25, 0.3) is 5.91 Å². The molecule has 0 atom stereocenters. The number of carboxylic acid groups (broad SMARTS) is 1. The van der Waals surface area contributed by atoms with Gasteiger partial charge in [0.15, 0.2) is 0 Å². The van der Waals surface area contributed by atoms with Gasteiger partial charge in [-0.25, -0.2) is 4.79 Å². The Morgan fingerprint density at radius 1 is 1.29 bits per heavy atom. The molecule has 0 spiro atoms. The number of halogens is 1. The molecule has 0 bridgehead atoms. The standard InChI is InChI=1S/C15H15ClN2O3/c1-9(2)18-7-3-4-13(18)14(19)17-12-6-5-10(15(20)21)8-11(12)16/h3-9H,1-2H3,(H,17,19)(H,20,21). The first-order valence-electron chi connectivity index (χ1n) is 6.41. The lowest BCUT2D eigenvalue weighted by atomic mass is 10.2. The van der Waals surface area contributed by atoms with Crippen LogP contribution in [0.3, 0.4) is 0 Å². The van der Waals surface area contributed by atoms with Crippen LogP contribution < -0.4 is 5.32 Å². The molecular formula is C15H15ClN2O3. The summed E-state index contributed by atoms with van der Waals surface area (Å²) in [6, 6.07) is 7.85. The second-order valence-electron chi connectivity index (χ2n) is 4.85. The fourth-order valence-corrected chi connectivity index (χ4v) is 2.20. The van der Waals surface area contributed by atoms with Crippen LogP contribution in [0.1, 0.15) is 40.7 Å². The van der Waals surface area contributed by atoms with E-state index in [9.17, 15) is 9.59 Å². The molecule has 5 nitrogen and oxygen atoms in total. The average Bonchev–Trinajstić information content (AvgIpc) is 2.90. The van der Waals surface area contributed by atoms with Crippen LogP contribution in [0.15, 0.2) is 36.5 Å². The largest absolute Gasteiger partial charge is 0.478 e. The number of rotatable bonds is 4. The van der Waals surface area contributed by atoms with Gasteiger partial charge in [0, 0.05) is 12.2 Å². The lowest BCUT2D eigenvalue weighted by Gasteiger charge is -2.13. The number of aromatic carboxylic acids is 1. The van der Waals surface area contributed by atoms with Gasteiger partial charge in [-0.05, 0) is 44.2 Å². The highest BCUT2D eigenvalue weighted by Gasteiger charge is 2.15. The molecule has 0 aliphatic carbocycles. The first-order chi connectivity index (χ1) is 9.90. The molecule has 0 radical (unpaired) electrons. The maximum atomic E-state index is 12.3. The van der Waals surface area contributed by atoms with Crippen molar-refractivity contribution < 1.29 is 14.7 Å². The van der Waals surface area contributed by atoms with Gasteiger partial charge in [-0.15, -0.1) is 0 Å². The number of hydrogen-bond acceptors (Lipinski definition) is 2. The average molecular weight is 307 g/mol. The number of aromatic nitrogens is 1. The Bertz CT molecular complexity index is 692. The number of benzene rings is 1. The Kier molecular flexibility index (Phi) is 4.33. The molecule has 2 rings (SSSR count). The topological polar surface area (TPSA) is 71.3 Å². The lowest BCUT2D eigenvalue weighted by molar-refractivity contribution is 0.0696. The van der Waals surface area contributed by atoms with E-state index in [0.29, 0.717) is 11.4 Å². The quantitative estimate of drug-likeness (QED) is 0.905. The monoisotopic (exact) mass is 306 g/mol. The van der Waals surface area contributed by atoms with Crippen molar-refractivity contribution in [2.45, 2.75) is 19.9 Å². The summed E-state index contributed by atoms with van der Waals surface area (Å²) in [5.74, 6) is -1.36. The minimum Gasteiger partial charge on any atom is -0.478 e. The molecule has 0 aliphatic heterocycles. The summed E-state index contributed by atoms with van der Waals surface area (Å²) in [4.78, 5) is 23.1. The molecule has 0 unspecified atom stereocenters. The Balaban J connectivity index is 2.24. The summed E-state index contributed by atoms with van der Waals surface area (Å²) >= 11 is 6.00. The molecule has 2 aromatic rings. The van der Waals surface area contributed by atoms with Crippen LogP contribution in [0.4, 0.5) is 5.69 Å². The maximum Gasteiger partial charge on any atom is 0.335 e. The van der Waals surface area contributed by atoms with Crippen molar-refractivity contribution >= 4 is 29.2 Å². The highest BCUT2D eigenvalue weighted by atomic mass is 35.5. The van der Waals surface area contributed by atoms with E-state index in [2.05, 4.69) is 5.32 Å². The molecule has 21 heavy (non-hydrogen) atoms. The van der Waals surface area contributed by atoms with Crippen LogP contribution in [0, 0.1) is 0 Å². The highest BCUT2D eigenvalue weighted by Crippen LogP contribution is 2.24. The number of nitrogens with zero attached hydrogens (tertiary/aromatic N) is 1. The van der Waals surface area contributed by atoms with Crippen molar-refractivity contribution in [1.82, 2.24) is 4.57 Å². The van der Waals surface area contributed by atoms with E-state index in [0.717, 1.165) is 0 Å². The Hall–Kier alpha value is -2.27. The zero-order chi connectivity index (χ0) is 15.6. The fourth-order valence-electron chi connectivity index (χ4n) is 1.97. The highest BCUT2D eigenvalue weighted by molar-refractivity contribution is 6.34. The van der Waals surface area contributed by atoms with E-state index in [-0.39, 0.29) is 22.5 Å². The van der Waals surface area contributed by atoms with E-state index >= 15 is 0 Å². The summed E-state index contributed by atoms with van der Waals surface area (Å²) in [6.07, 6.45) is 1.83. The molecule has 1 aromatic carbocycles. The molecular weight excluding hydrogens is 292 g/mol. The molecule has 110 valence electrons. The molecule has 6 heteroatoms. The van der Waals surface area contributed by atoms with Crippen LogP contribution in [-0.4, -0.2) is 21.6 Å². The summed E-state index contributed by atoms with van der Waals surface area (Å²) in [5, 5.41) is 11.8. The van der Waals surface area contributed by atoms with Gasteiger partial charge in [0.1, 0.15) is 5.69 Å². The molecule has 1 amide bonds. The van der Waals surface area contributed by atoms with Gasteiger partial charge >= 0.3 is 5.97 Å². The normalized spacial score (nSPS) is 10.7. The van der Waals surface area contributed by atoms with Crippen molar-refractivity contribution in [2.75, 3.05) is 5.32 Å².